The molecule has 12 nitrogen and oxygen atoms in total. The zero-order valence-corrected chi connectivity index (χ0v) is 25.4. The maximum absolute atomic E-state index is 11.6. The molecule has 3 atom stereocenters. The first-order chi connectivity index (χ1) is 19.6. The van der Waals surface area contributed by atoms with Gasteiger partial charge in [0.1, 0.15) is 5.60 Å². The lowest BCUT2D eigenvalue weighted by atomic mass is 10.0. The van der Waals surface area contributed by atoms with Crippen LogP contribution in [0.5, 0.6) is 5.95 Å². The summed E-state index contributed by atoms with van der Waals surface area (Å²) in [6.07, 6.45) is 12.1. The fourth-order valence-electron chi connectivity index (χ4n) is 3.05. The predicted octanol–water partition coefficient (Wildman–Crippen LogP) is 2.91. The molecule has 3 amide bonds. The van der Waals surface area contributed by atoms with E-state index in [-0.39, 0.29) is 35.9 Å². The molecule has 2 unspecified atom stereocenters. The zero-order valence-electron chi connectivity index (χ0n) is 25.4. The highest BCUT2D eigenvalue weighted by atomic mass is 16.6. The second kappa shape index (κ2) is 21.0. The molecule has 1 aliphatic heterocycles. The number of hydrogen-bond donors (Lipinski definition) is 3. The van der Waals surface area contributed by atoms with Crippen LogP contribution in [0.15, 0.2) is 46.5 Å². The van der Waals surface area contributed by atoms with Crippen molar-refractivity contribution in [2.75, 3.05) is 33.5 Å². The Balaban J connectivity index is 0.000000594. The number of ether oxygens (including phenoxy) is 3. The van der Waals surface area contributed by atoms with E-state index >= 15 is 0 Å². The van der Waals surface area contributed by atoms with Gasteiger partial charge < -0.3 is 34.7 Å². The van der Waals surface area contributed by atoms with Crippen LogP contribution in [0.2, 0.25) is 0 Å². The molecule has 0 aromatic carbocycles. The Morgan fingerprint density at radius 3 is 2.46 bits per heavy atom. The first kappa shape index (κ1) is 37.2. The number of carbonyl (C=O) groups is 4. The van der Waals surface area contributed by atoms with E-state index in [4.69, 9.17) is 18.7 Å². The van der Waals surface area contributed by atoms with E-state index < -0.39 is 17.6 Å². The van der Waals surface area contributed by atoms with Gasteiger partial charge >= 0.3 is 5.95 Å². The van der Waals surface area contributed by atoms with E-state index in [2.05, 4.69) is 58.4 Å². The molecule has 0 spiro atoms. The van der Waals surface area contributed by atoms with Crippen molar-refractivity contribution in [1.29, 1.82) is 0 Å². The molecule has 1 aliphatic carbocycles. The fourth-order valence-corrected chi connectivity index (χ4v) is 3.05. The van der Waals surface area contributed by atoms with E-state index in [1.54, 1.807) is 21.0 Å². The van der Waals surface area contributed by atoms with Gasteiger partial charge in [-0.25, -0.2) is 0 Å². The molecule has 1 saturated heterocycles. The summed E-state index contributed by atoms with van der Waals surface area (Å²) in [4.78, 5) is 44.3. The molecule has 1 fully saturated rings. The molecule has 0 bridgehead atoms. The summed E-state index contributed by atoms with van der Waals surface area (Å²) in [5.74, 6) is -0.611. The molecule has 3 rings (SSSR count). The Labute approximate surface area is 242 Å². The van der Waals surface area contributed by atoms with Crippen LogP contribution in [-0.4, -0.2) is 80.3 Å². The summed E-state index contributed by atoms with van der Waals surface area (Å²) >= 11 is 0. The first-order valence-electron chi connectivity index (χ1n) is 13.6. The highest BCUT2D eigenvalue weighted by Gasteiger charge is 2.48. The van der Waals surface area contributed by atoms with Gasteiger partial charge in [0.05, 0.1) is 38.5 Å². The first-order valence-corrected chi connectivity index (χ1v) is 13.6. The standard InChI is InChI=1S/C10H16N2O4.C9H14N2O4.C8H10.C2H6/c1-4-15-9-5-8(12-16-9)10(13)11-7(2)6-14-3;1-6(8(14)9(2)4-15-9)11-7(13)3-10-5-12;1-8-6-4-2-3-5-7-8;1-2/h5,7H,4,6H2,1-3H3,(H,11,13);5-6H,3-4H2,1-2H3,(H,10,12)(H,11,13);2-4,6-7H,5H2,1H3;1-2H3/t7-;;;/m1.../s1. The number of allylic oxidation sites excluding steroid dienone is 6. The number of epoxide rings is 1. The van der Waals surface area contributed by atoms with Crippen LogP contribution >= 0.6 is 0 Å². The molecule has 3 N–H and O–H groups in total. The number of carbonyl (C=O) groups excluding carboxylic acids is 4. The Hall–Kier alpha value is -3.77. The highest BCUT2D eigenvalue weighted by molar-refractivity contribution is 5.96. The number of Topliss-reactive ketones (excluding diaryl/α,β-unsaturated/α-hetero) is 1. The number of rotatable bonds is 12. The van der Waals surface area contributed by atoms with Crippen LogP contribution in [0.4, 0.5) is 0 Å². The number of aromatic nitrogens is 1. The SMILES string of the molecule is CC.CC(NC(=O)CNC=O)C(=O)C1(C)CO1.CC1=CCC=CC=C1.CCOc1cc(C(=O)N[C@H](C)COC)no1. The topological polar surface area (TPSA) is 161 Å². The van der Waals surface area contributed by atoms with Gasteiger partial charge in [-0.2, -0.15) is 0 Å². The lowest BCUT2D eigenvalue weighted by Gasteiger charge is -2.14. The predicted molar refractivity (Wildman–Crippen MR) is 156 cm³/mol. The van der Waals surface area contributed by atoms with Crippen molar-refractivity contribution in [3.05, 3.63) is 47.7 Å². The Morgan fingerprint density at radius 1 is 1.20 bits per heavy atom. The number of ketones is 1. The van der Waals surface area contributed by atoms with E-state index in [0.29, 0.717) is 26.2 Å². The molecule has 41 heavy (non-hydrogen) atoms. The Kier molecular flexibility index (Phi) is 19.1. The molecule has 0 radical (unpaired) electrons. The Bertz CT molecular complexity index is 1030. The number of amides is 3. The van der Waals surface area contributed by atoms with E-state index in [1.165, 1.54) is 11.6 Å². The molecule has 1 aromatic rings. The number of hydrogen-bond acceptors (Lipinski definition) is 9. The van der Waals surface area contributed by atoms with E-state index in [0.717, 1.165) is 6.42 Å². The second-order valence-electron chi connectivity index (χ2n) is 8.94. The average molecular weight is 579 g/mol. The highest BCUT2D eigenvalue weighted by Crippen LogP contribution is 2.28. The van der Waals surface area contributed by atoms with E-state index in [9.17, 15) is 19.2 Å². The van der Waals surface area contributed by atoms with Crippen LogP contribution < -0.4 is 20.7 Å². The minimum atomic E-state index is -0.731. The van der Waals surface area contributed by atoms with Gasteiger partial charge in [-0.1, -0.05) is 55.0 Å². The summed E-state index contributed by atoms with van der Waals surface area (Å²) in [6.45, 7) is 14.2. The number of nitrogens with one attached hydrogen (secondary N) is 3. The molecule has 2 heterocycles. The summed E-state index contributed by atoms with van der Waals surface area (Å²) in [7, 11) is 1.58. The molecular weight excluding hydrogens is 532 g/mol. The van der Waals surface area contributed by atoms with Crippen molar-refractivity contribution >= 4 is 24.0 Å². The van der Waals surface area contributed by atoms with Crippen molar-refractivity contribution in [3.8, 4) is 5.95 Å². The second-order valence-corrected chi connectivity index (χ2v) is 8.94. The summed E-state index contributed by atoms with van der Waals surface area (Å²) < 4.78 is 19.7. The third-order valence-corrected chi connectivity index (χ3v) is 5.20. The van der Waals surface area contributed by atoms with Crippen LogP contribution in [-0.2, 0) is 23.9 Å². The summed E-state index contributed by atoms with van der Waals surface area (Å²) in [5, 5.41) is 11.0. The summed E-state index contributed by atoms with van der Waals surface area (Å²) in [5.41, 5.74) is 0.825. The van der Waals surface area contributed by atoms with Crippen molar-refractivity contribution in [2.45, 2.75) is 72.6 Å². The van der Waals surface area contributed by atoms with Crippen LogP contribution in [0.1, 0.15) is 65.4 Å². The largest absolute Gasteiger partial charge is 0.464 e. The lowest BCUT2D eigenvalue weighted by molar-refractivity contribution is -0.129. The molecule has 0 saturated carbocycles. The molecular formula is C29H46N4O8. The molecule has 12 heteroatoms. The minimum Gasteiger partial charge on any atom is -0.464 e. The van der Waals surface area contributed by atoms with Crippen molar-refractivity contribution in [2.24, 2.45) is 0 Å². The van der Waals surface area contributed by atoms with Gasteiger partial charge in [-0.3, -0.25) is 19.2 Å². The van der Waals surface area contributed by atoms with Crippen LogP contribution in [0.3, 0.4) is 0 Å². The third kappa shape index (κ3) is 16.2. The van der Waals surface area contributed by atoms with Crippen LogP contribution in [0, 0.1) is 0 Å². The van der Waals surface area contributed by atoms with Gasteiger partial charge in [0.2, 0.25) is 12.3 Å². The van der Waals surface area contributed by atoms with Crippen molar-refractivity contribution in [1.82, 2.24) is 21.1 Å². The normalized spacial score (nSPS) is 17.6. The molecule has 2 aliphatic rings. The fraction of sp³-hybridized carbons (Fsp3) is 0.552. The lowest BCUT2D eigenvalue weighted by Crippen LogP contribution is -2.46. The maximum Gasteiger partial charge on any atom is 0.311 e. The van der Waals surface area contributed by atoms with Gasteiger partial charge in [-0.05, 0) is 41.0 Å². The van der Waals surface area contributed by atoms with Crippen molar-refractivity contribution < 1.29 is 37.9 Å². The van der Waals surface area contributed by atoms with E-state index in [1.807, 2.05) is 27.7 Å². The van der Waals surface area contributed by atoms with Gasteiger partial charge in [0.15, 0.2) is 11.5 Å². The minimum absolute atomic E-state index is 0.0789. The zero-order chi connectivity index (χ0) is 31.3. The number of methoxy groups -OCH3 is 1. The number of nitrogens with zero attached hydrogens (tertiary/aromatic N) is 1. The van der Waals surface area contributed by atoms with Gasteiger partial charge in [0, 0.05) is 13.2 Å². The summed E-state index contributed by atoms with van der Waals surface area (Å²) in [6, 6.07) is 0.779. The van der Waals surface area contributed by atoms with Gasteiger partial charge in [0.25, 0.3) is 5.91 Å². The van der Waals surface area contributed by atoms with Gasteiger partial charge in [-0.15, -0.1) is 0 Å². The van der Waals surface area contributed by atoms with Crippen molar-refractivity contribution in [3.63, 3.8) is 0 Å². The Morgan fingerprint density at radius 2 is 1.88 bits per heavy atom. The average Bonchev–Trinajstić information content (AvgIpc) is 3.61. The maximum atomic E-state index is 11.6. The molecule has 1 aromatic heterocycles. The molecule has 230 valence electrons. The third-order valence-electron chi connectivity index (χ3n) is 5.20. The quantitative estimate of drug-likeness (QED) is 0.250. The van der Waals surface area contributed by atoms with Crippen LogP contribution in [0.25, 0.3) is 0 Å². The smallest absolute Gasteiger partial charge is 0.311 e. The monoisotopic (exact) mass is 578 g/mol.